The molecule has 1 aliphatic rings. The second-order valence-corrected chi connectivity index (χ2v) is 4.64. The third-order valence-electron chi connectivity index (χ3n) is 3.34. The van der Waals surface area contributed by atoms with Gasteiger partial charge in [-0.05, 0) is 25.0 Å². The third kappa shape index (κ3) is 2.29. The second-order valence-electron chi connectivity index (χ2n) is 4.64. The Hall–Kier alpha value is -2.24. The van der Waals surface area contributed by atoms with Crippen molar-refractivity contribution >= 4 is 17.6 Å². The Kier molecular flexibility index (Phi) is 3.83. The molecule has 0 saturated heterocycles. The van der Waals surface area contributed by atoms with E-state index in [-0.39, 0.29) is 18.1 Å². The highest BCUT2D eigenvalue weighted by Gasteiger charge is 2.39. The number of aliphatic carboxylic acids is 1. The largest absolute Gasteiger partial charge is 0.508 e. The highest BCUT2D eigenvalue weighted by molar-refractivity contribution is 6.04. The maximum Gasteiger partial charge on any atom is 0.326 e. The van der Waals surface area contributed by atoms with E-state index >= 15 is 0 Å². The summed E-state index contributed by atoms with van der Waals surface area (Å²) in [6.45, 7) is 3.50. The van der Waals surface area contributed by atoms with E-state index in [9.17, 15) is 19.8 Å². The van der Waals surface area contributed by atoms with Crippen molar-refractivity contribution in [1.82, 2.24) is 0 Å². The van der Waals surface area contributed by atoms with Gasteiger partial charge >= 0.3 is 5.97 Å². The summed E-state index contributed by atoms with van der Waals surface area (Å²) in [5.74, 6) is -1.10. The van der Waals surface area contributed by atoms with Crippen LogP contribution in [-0.2, 0) is 9.59 Å². The molecule has 1 aromatic rings. The number of phenolic OH excluding ortho intramolecular Hbond substituents is 1. The fourth-order valence-corrected chi connectivity index (χ4v) is 2.32. The zero-order chi connectivity index (χ0) is 14.9. The summed E-state index contributed by atoms with van der Waals surface area (Å²) >= 11 is 0. The summed E-state index contributed by atoms with van der Waals surface area (Å²) in [4.78, 5) is 25.0. The fraction of sp³-hybridized carbons (Fsp3) is 0.429. The number of nitrogens with zero attached hydrogens (tertiary/aromatic N) is 1. The van der Waals surface area contributed by atoms with E-state index in [0.29, 0.717) is 17.9 Å². The maximum absolute atomic E-state index is 12.4. The molecular formula is C14H17NO5. The lowest BCUT2D eigenvalue weighted by Crippen LogP contribution is -2.53. The highest BCUT2D eigenvalue weighted by atomic mass is 16.5. The molecule has 0 radical (unpaired) electrons. The number of anilines is 1. The number of carboxylic acids is 1. The molecule has 2 atom stereocenters. The minimum atomic E-state index is -1.08. The maximum atomic E-state index is 12.4. The van der Waals surface area contributed by atoms with Gasteiger partial charge in [0.05, 0.1) is 5.69 Å². The van der Waals surface area contributed by atoms with Crippen LogP contribution in [0.5, 0.6) is 11.5 Å². The van der Waals surface area contributed by atoms with Gasteiger partial charge in [0.25, 0.3) is 5.91 Å². The van der Waals surface area contributed by atoms with Gasteiger partial charge in [0.1, 0.15) is 17.5 Å². The molecule has 0 aromatic heterocycles. The monoisotopic (exact) mass is 279 g/mol. The van der Waals surface area contributed by atoms with Crippen molar-refractivity contribution in [2.45, 2.75) is 38.8 Å². The molecule has 1 aromatic carbocycles. The summed E-state index contributed by atoms with van der Waals surface area (Å²) in [5.41, 5.74) is 0.300. The number of hydrogen-bond donors (Lipinski definition) is 2. The Morgan fingerprint density at radius 2 is 2.15 bits per heavy atom. The van der Waals surface area contributed by atoms with Crippen LogP contribution < -0.4 is 9.64 Å². The summed E-state index contributed by atoms with van der Waals surface area (Å²) in [7, 11) is 0. The zero-order valence-corrected chi connectivity index (χ0v) is 11.4. The minimum absolute atomic E-state index is 0.0414. The number of benzene rings is 1. The van der Waals surface area contributed by atoms with Crippen LogP contribution in [-0.4, -0.2) is 34.2 Å². The van der Waals surface area contributed by atoms with Crippen LogP contribution in [0.15, 0.2) is 18.2 Å². The smallest absolute Gasteiger partial charge is 0.326 e. The van der Waals surface area contributed by atoms with Crippen LogP contribution in [0.25, 0.3) is 0 Å². The molecular weight excluding hydrogens is 262 g/mol. The standard InChI is InChI=1S/C14H17NO5/c1-3-9(14(18)19)15-10-7-8(16)5-6-12(10)20-11(4-2)13(15)17/h5-7,9,11,16H,3-4H2,1-2H3,(H,18,19). The first kappa shape index (κ1) is 14.2. The number of phenols is 1. The summed E-state index contributed by atoms with van der Waals surface area (Å²) in [6.07, 6.45) is 0.0265. The Morgan fingerprint density at radius 1 is 1.45 bits per heavy atom. The molecule has 20 heavy (non-hydrogen) atoms. The fourth-order valence-electron chi connectivity index (χ4n) is 2.32. The molecule has 2 rings (SSSR count). The third-order valence-corrected chi connectivity index (χ3v) is 3.34. The molecule has 1 heterocycles. The molecule has 0 spiro atoms. The molecule has 1 aliphatic heterocycles. The first-order chi connectivity index (χ1) is 9.49. The summed E-state index contributed by atoms with van der Waals surface area (Å²) in [5, 5.41) is 18.9. The zero-order valence-electron chi connectivity index (χ0n) is 11.4. The van der Waals surface area contributed by atoms with Gasteiger partial charge < -0.3 is 14.9 Å². The molecule has 6 nitrogen and oxygen atoms in total. The first-order valence-electron chi connectivity index (χ1n) is 6.55. The number of fused-ring (bicyclic) bond motifs is 1. The Bertz CT molecular complexity index is 542. The molecule has 6 heteroatoms. The Labute approximate surface area is 116 Å². The molecule has 2 unspecified atom stereocenters. The van der Waals surface area contributed by atoms with Gasteiger partial charge in [0.2, 0.25) is 0 Å². The van der Waals surface area contributed by atoms with Crippen molar-refractivity contribution in [2.24, 2.45) is 0 Å². The normalized spacial score (nSPS) is 19.2. The Balaban J connectivity index is 2.55. The molecule has 0 fully saturated rings. The summed E-state index contributed by atoms with van der Waals surface area (Å²) < 4.78 is 5.56. The van der Waals surface area contributed by atoms with E-state index in [0.717, 1.165) is 0 Å². The SMILES string of the molecule is CCC1Oc2ccc(O)cc2N(C(CC)C(=O)O)C1=O. The van der Waals surface area contributed by atoms with Crippen molar-refractivity contribution in [1.29, 1.82) is 0 Å². The number of carboxylic acid groups (broad SMARTS) is 1. The van der Waals surface area contributed by atoms with Gasteiger partial charge in [-0.3, -0.25) is 9.69 Å². The van der Waals surface area contributed by atoms with Crippen LogP contribution in [0.4, 0.5) is 5.69 Å². The molecule has 1 amide bonds. The average Bonchev–Trinajstić information content (AvgIpc) is 2.41. The van der Waals surface area contributed by atoms with E-state index < -0.39 is 18.1 Å². The van der Waals surface area contributed by atoms with E-state index in [1.807, 2.05) is 0 Å². The highest BCUT2D eigenvalue weighted by Crippen LogP contribution is 2.38. The number of hydrogen-bond acceptors (Lipinski definition) is 4. The average molecular weight is 279 g/mol. The molecule has 0 aliphatic carbocycles. The van der Waals surface area contributed by atoms with Gasteiger partial charge in [0, 0.05) is 6.07 Å². The van der Waals surface area contributed by atoms with Crippen molar-refractivity contribution in [3.8, 4) is 11.5 Å². The quantitative estimate of drug-likeness (QED) is 0.877. The number of carbonyl (C=O) groups excluding carboxylic acids is 1. The Morgan fingerprint density at radius 3 is 2.70 bits per heavy atom. The molecule has 0 saturated carbocycles. The van der Waals surface area contributed by atoms with Crippen LogP contribution in [0, 0.1) is 0 Å². The lowest BCUT2D eigenvalue weighted by Gasteiger charge is -2.37. The van der Waals surface area contributed by atoms with Gasteiger partial charge in [-0.1, -0.05) is 13.8 Å². The van der Waals surface area contributed by atoms with Crippen LogP contribution in [0.1, 0.15) is 26.7 Å². The van der Waals surface area contributed by atoms with E-state index in [1.54, 1.807) is 19.9 Å². The van der Waals surface area contributed by atoms with E-state index in [2.05, 4.69) is 0 Å². The van der Waals surface area contributed by atoms with Crippen molar-refractivity contribution in [3.05, 3.63) is 18.2 Å². The predicted molar refractivity (Wildman–Crippen MR) is 72.0 cm³/mol. The lowest BCUT2D eigenvalue weighted by molar-refractivity contribution is -0.141. The van der Waals surface area contributed by atoms with Crippen LogP contribution in [0.3, 0.4) is 0 Å². The molecule has 0 bridgehead atoms. The van der Waals surface area contributed by atoms with Crippen LogP contribution in [0.2, 0.25) is 0 Å². The first-order valence-corrected chi connectivity index (χ1v) is 6.55. The van der Waals surface area contributed by atoms with Gasteiger partial charge in [-0.25, -0.2) is 4.79 Å². The van der Waals surface area contributed by atoms with Crippen LogP contribution >= 0.6 is 0 Å². The number of ether oxygens (including phenoxy) is 1. The second kappa shape index (κ2) is 5.40. The van der Waals surface area contributed by atoms with Gasteiger partial charge in [-0.2, -0.15) is 0 Å². The van der Waals surface area contributed by atoms with Gasteiger partial charge in [0.15, 0.2) is 6.10 Å². The number of carbonyl (C=O) groups is 2. The lowest BCUT2D eigenvalue weighted by atomic mass is 10.1. The summed E-state index contributed by atoms with van der Waals surface area (Å²) in [6, 6.07) is 3.37. The molecule has 108 valence electrons. The number of amides is 1. The van der Waals surface area contributed by atoms with E-state index in [1.165, 1.54) is 17.0 Å². The number of aromatic hydroxyl groups is 1. The van der Waals surface area contributed by atoms with E-state index in [4.69, 9.17) is 4.74 Å². The van der Waals surface area contributed by atoms with Gasteiger partial charge in [-0.15, -0.1) is 0 Å². The van der Waals surface area contributed by atoms with Crippen molar-refractivity contribution < 1.29 is 24.5 Å². The van der Waals surface area contributed by atoms with Crippen molar-refractivity contribution in [2.75, 3.05) is 4.90 Å². The number of rotatable bonds is 4. The molecule has 2 N–H and O–H groups in total. The van der Waals surface area contributed by atoms with Crippen molar-refractivity contribution in [3.63, 3.8) is 0 Å². The predicted octanol–water partition coefficient (Wildman–Crippen LogP) is 1.76. The minimum Gasteiger partial charge on any atom is -0.508 e. The topological polar surface area (TPSA) is 87.1 Å².